The minimum Gasteiger partial charge on any atom is -0.377 e. The molecule has 2 unspecified atom stereocenters. The Balaban J connectivity index is 1.43. The Morgan fingerprint density at radius 1 is 1.28 bits per heavy atom. The third-order valence-electron chi connectivity index (χ3n) is 5.92. The van der Waals surface area contributed by atoms with Gasteiger partial charge in [-0.3, -0.25) is 9.56 Å². The molecule has 0 spiro atoms. The van der Waals surface area contributed by atoms with Gasteiger partial charge in [-0.1, -0.05) is 20.8 Å². The number of ether oxygens (including phenoxy) is 1. The average molecular weight is 407 g/mol. The highest BCUT2D eigenvalue weighted by atomic mass is 16.5. The number of aliphatic imine (C=N–C) groups is 1. The molecule has 0 radical (unpaired) electrons. The quantitative estimate of drug-likeness (QED) is 0.427. The molecule has 0 amide bonds. The summed E-state index contributed by atoms with van der Waals surface area (Å²) in [6.07, 6.45) is 6.51. The Hall–Kier alpha value is -1.83. The lowest BCUT2D eigenvalue weighted by Crippen LogP contribution is -2.47. The summed E-state index contributed by atoms with van der Waals surface area (Å²) in [6, 6.07) is 0. The fraction of sp³-hybridized carbons (Fsp3) is 0.857. The number of rotatable bonds is 6. The van der Waals surface area contributed by atoms with E-state index < -0.39 is 0 Å². The second-order valence-corrected chi connectivity index (χ2v) is 9.32. The van der Waals surface area contributed by atoms with Crippen molar-refractivity contribution >= 4 is 5.96 Å². The fourth-order valence-electron chi connectivity index (χ4n) is 4.49. The van der Waals surface area contributed by atoms with Gasteiger partial charge < -0.3 is 15.4 Å². The molecule has 1 saturated heterocycles. The van der Waals surface area contributed by atoms with Crippen LogP contribution in [0.2, 0.25) is 0 Å². The van der Waals surface area contributed by atoms with Gasteiger partial charge in [0.05, 0.1) is 6.10 Å². The van der Waals surface area contributed by atoms with Crippen LogP contribution in [0.5, 0.6) is 0 Å². The van der Waals surface area contributed by atoms with Crippen LogP contribution in [0.25, 0.3) is 0 Å². The first-order chi connectivity index (χ1) is 13.9. The van der Waals surface area contributed by atoms with Crippen LogP contribution in [-0.4, -0.2) is 53.2 Å². The summed E-state index contributed by atoms with van der Waals surface area (Å²) in [5.41, 5.74) is 0.175. The van der Waals surface area contributed by atoms with E-state index in [-0.39, 0.29) is 17.2 Å². The molecule has 2 N–H and O–H groups in total. The van der Waals surface area contributed by atoms with Gasteiger partial charge in [-0.2, -0.15) is 5.10 Å². The van der Waals surface area contributed by atoms with Crippen LogP contribution >= 0.6 is 0 Å². The van der Waals surface area contributed by atoms with Crippen molar-refractivity contribution in [3.05, 3.63) is 16.3 Å². The van der Waals surface area contributed by atoms with Gasteiger partial charge in [0.1, 0.15) is 5.82 Å². The second kappa shape index (κ2) is 9.78. The number of guanidine groups is 1. The normalized spacial score (nSPS) is 23.0. The lowest BCUT2D eigenvalue weighted by molar-refractivity contribution is -0.0835. The molecule has 164 valence electrons. The van der Waals surface area contributed by atoms with E-state index in [1.165, 1.54) is 6.42 Å². The summed E-state index contributed by atoms with van der Waals surface area (Å²) in [6.45, 7) is 10.7. The number of aryl methyl sites for hydroxylation is 2. The average Bonchev–Trinajstić information content (AvgIpc) is 3.03. The van der Waals surface area contributed by atoms with Crippen molar-refractivity contribution in [1.82, 2.24) is 25.0 Å². The van der Waals surface area contributed by atoms with Gasteiger partial charge >= 0.3 is 5.69 Å². The van der Waals surface area contributed by atoms with Crippen molar-refractivity contribution in [3.63, 3.8) is 0 Å². The van der Waals surface area contributed by atoms with Gasteiger partial charge in [0.2, 0.25) is 0 Å². The number of hydrogen-bond donors (Lipinski definition) is 2. The summed E-state index contributed by atoms with van der Waals surface area (Å²) in [7, 11) is 1.79. The van der Waals surface area contributed by atoms with E-state index in [9.17, 15) is 4.79 Å². The molecular formula is C21H38N6O2. The number of nitrogens with zero attached hydrogens (tertiary/aromatic N) is 4. The van der Waals surface area contributed by atoms with E-state index in [4.69, 9.17) is 4.74 Å². The Morgan fingerprint density at radius 2 is 2.10 bits per heavy atom. The maximum atomic E-state index is 12.4. The van der Waals surface area contributed by atoms with Gasteiger partial charge in [0.15, 0.2) is 5.96 Å². The molecule has 1 aromatic rings. The van der Waals surface area contributed by atoms with Gasteiger partial charge in [0.25, 0.3) is 0 Å². The molecule has 29 heavy (non-hydrogen) atoms. The number of hydrogen-bond acceptors (Lipinski definition) is 4. The maximum Gasteiger partial charge on any atom is 0.345 e. The minimum atomic E-state index is 0.0349. The molecule has 3 rings (SSSR count). The molecule has 0 aliphatic carbocycles. The first kappa shape index (κ1) is 21.9. The van der Waals surface area contributed by atoms with Crippen molar-refractivity contribution in [2.45, 2.75) is 78.5 Å². The molecular weight excluding hydrogens is 368 g/mol. The lowest BCUT2D eigenvalue weighted by atomic mass is 9.78. The second-order valence-electron chi connectivity index (χ2n) is 9.32. The SMILES string of the molecule is CN=C(NCCCn1nc2n(c1=O)CCCC2)NCC1CCCOC1C(C)(C)C. The van der Waals surface area contributed by atoms with Gasteiger partial charge in [-0.25, -0.2) is 9.48 Å². The fourth-order valence-corrected chi connectivity index (χ4v) is 4.49. The Bertz CT molecular complexity index is 745. The zero-order valence-corrected chi connectivity index (χ0v) is 18.5. The third-order valence-corrected chi connectivity index (χ3v) is 5.92. The molecule has 0 bridgehead atoms. The van der Waals surface area contributed by atoms with E-state index >= 15 is 0 Å². The summed E-state index contributed by atoms with van der Waals surface area (Å²) < 4.78 is 9.52. The molecule has 2 aliphatic heterocycles. The maximum absolute atomic E-state index is 12.4. The first-order valence-corrected chi connectivity index (χ1v) is 11.1. The largest absolute Gasteiger partial charge is 0.377 e. The van der Waals surface area contributed by atoms with Crippen molar-refractivity contribution < 1.29 is 4.74 Å². The van der Waals surface area contributed by atoms with Crippen molar-refractivity contribution in [2.24, 2.45) is 16.3 Å². The van der Waals surface area contributed by atoms with E-state index in [2.05, 4.69) is 41.5 Å². The Kier molecular flexibility index (Phi) is 7.38. The molecule has 1 fully saturated rings. The third kappa shape index (κ3) is 5.62. The number of nitrogens with one attached hydrogen (secondary N) is 2. The predicted octanol–water partition coefficient (Wildman–Crippen LogP) is 1.78. The number of fused-ring (bicyclic) bond motifs is 1. The standard InChI is InChI=1S/C21H38N6O2/c1-21(2,3)18-16(9-7-14-29-18)15-24-19(22-4)23-11-8-13-27-20(28)26-12-6-5-10-17(26)25-27/h16,18H,5-15H2,1-4H3,(H2,22,23,24). The Labute approximate surface area is 174 Å². The van der Waals surface area contributed by atoms with Crippen LogP contribution in [0.3, 0.4) is 0 Å². The molecule has 2 atom stereocenters. The molecule has 8 heteroatoms. The van der Waals surface area contributed by atoms with E-state index in [0.717, 1.165) is 70.1 Å². The van der Waals surface area contributed by atoms with Crippen LogP contribution < -0.4 is 16.3 Å². The molecule has 8 nitrogen and oxygen atoms in total. The first-order valence-electron chi connectivity index (χ1n) is 11.1. The van der Waals surface area contributed by atoms with Gasteiger partial charge in [-0.05, 0) is 37.5 Å². The zero-order chi connectivity index (χ0) is 20.9. The molecule has 0 aromatic carbocycles. The van der Waals surface area contributed by atoms with Gasteiger partial charge in [0, 0.05) is 52.2 Å². The molecule has 0 saturated carbocycles. The Morgan fingerprint density at radius 3 is 2.83 bits per heavy atom. The van der Waals surface area contributed by atoms with Gasteiger partial charge in [-0.15, -0.1) is 0 Å². The van der Waals surface area contributed by atoms with Crippen LogP contribution in [-0.2, 0) is 24.2 Å². The summed E-state index contributed by atoms with van der Waals surface area (Å²) >= 11 is 0. The van der Waals surface area contributed by atoms with Crippen LogP contribution in [0, 0.1) is 11.3 Å². The van der Waals surface area contributed by atoms with Crippen molar-refractivity contribution in [2.75, 3.05) is 26.7 Å². The van der Waals surface area contributed by atoms with E-state index in [0.29, 0.717) is 12.5 Å². The highest BCUT2D eigenvalue weighted by Gasteiger charge is 2.35. The summed E-state index contributed by atoms with van der Waals surface area (Å²) in [5, 5.41) is 11.3. The number of aromatic nitrogens is 3. The van der Waals surface area contributed by atoms with Crippen LogP contribution in [0.4, 0.5) is 0 Å². The zero-order valence-electron chi connectivity index (χ0n) is 18.5. The van der Waals surface area contributed by atoms with Crippen molar-refractivity contribution in [3.8, 4) is 0 Å². The van der Waals surface area contributed by atoms with E-state index in [1.54, 1.807) is 11.7 Å². The summed E-state index contributed by atoms with van der Waals surface area (Å²) in [4.78, 5) is 16.7. The smallest absolute Gasteiger partial charge is 0.345 e. The lowest BCUT2D eigenvalue weighted by Gasteiger charge is -2.40. The topological polar surface area (TPSA) is 85.5 Å². The summed E-state index contributed by atoms with van der Waals surface area (Å²) in [5.74, 6) is 2.23. The van der Waals surface area contributed by atoms with E-state index in [1.807, 2.05) is 4.57 Å². The molecule has 3 heterocycles. The molecule has 2 aliphatic rings. The molecule has 1 aromatic heterocycles. The highest BCUT2D eigenvalue weighted by Crippen LogP contribution is 2.33. The minimum absolute atomic E-state index is 0.0349. The van der Waals surface area contributed by atoms with Crippen LogP contribution in [0.15, 0.2) is 9.79 Å². The van der Waals surface area contributed by atoms with Crippen molar-refractivity contribution in [1.29, 1.82) is 0 Å². The monoisotopic (exact) mass is 406 g/mol. The highest BCUT2D eigenvalue weighted by molar-refractivity contribution is 5.79. The predicted molar refractivity (Wildman–Crippen MR) is 115 cm³/mol. The van der Waals surface area contributed by atoms with Crippen LogP contribution in [0.1, 0.15) is 58.7 Å².